The lowest BCUT2D eigenvalue weighted by atomic mass is 9.93. The number of hydrogen-bond acceptors (Lipinski definition) is 1. The molecule has 13 aromatic rings. The van der Waals surface area contributed by atoms with Crippen LogP contribution in [0.1, 0.15) is 0 Å². The van der Waals surface area contributed by atoms with Gasteiger partial charge in [0, 0.05) is 33.2 Å². The summed E-state index contributed by atoms with van der Waals surface area (Å²) >= 11 is 0. The molecule has 0 unspecified atom stereocenters. The molecule has 0 aliphatic heterocycles. The molecule has 70 heavy (non-hydrogen) atoms. The Labute approximate surface area is 408 Å². The monoisotopic (exact) mass is 890 g/mol. The van der Waals surface area contributed by atoms with Gasteiger partial charge in [-0.25, -0.2) is 0 Å². The van der Waals surface area contributed by atoms with Crippen molar-refractivity contribution in [3.05, 3.63) is 279 Å². The highest BCUT2D eigenvalue weighted by atomic mass is 15.1. The van der Waals surface area contributed by atoms with Gasteiger partial charge in [-0.05, 0) is 121 Å². The second-order valence-electron chi connectivity index (χ2n) is 18.1. The smallest absolute Gasteiger partial charge is 0.0547 e. The number of hydrogen-bond donors (Lipinski definition) is 0. The number of nitrogens with zero attached hydrogens (tertiary/aromatic N) is 2. The summed E-state index contributed by atoms with van der Waals surface area (Å²) in [6.07, 6.45) is 0. The summed E-state index contributed by atoms with van der Waals surface area (Å²) < 4.78 is 2.47. The highest BCUT2D eigenvalue weighted by Crippen LogP contribution is 2.48. The number of benzene rings is 12. The predicted octanol–water partition coefficient (Wildman–Crippen LogP) is 18.9. The van der Waals surface area contributed by atoms with E-state index in [4.69, 9.17) is 0 Å². The van der Waals surface area contributed by atoms with Gasteiger partial charge in [0.2, 0.25) is 0 Å². The highest BCUT2D eigenvalue weighted by Gasteiger charge is 2.24. The van der Waals surface area contributed by atoms with Crippen LogP contribution >= 0.6 is 0 Å². The van der Waals surface area contributed by atoms with Crippen LogP contribution in [-0.4, -0.2) is 4.57 Å². The molecule has 0 radical (unpaired) electrons. The lowest BCUT2D eigenvalue weighted by Crippen LogP contribution is -2.13. The Morgan fingerprint density at radius 1 is 0.243 bits per heavy atom. The molecule has 0 atom stereocenters. The van der Waals surface area contributed by atoms with E-state index in [0.29, 0.717) is 0 Å². The van der Waals surface area contributed by atoms with Gasteiger partial charge in [0.25, 0.3) is 0 Å². The van der Waals surface area contributed by atoms with Crippen molar-refractivity contribution in [1.82, 2.24) is 4.57 Å². The van der Waals surface area contributed by atoms with Crippen LogP contribution in [0.2, 0.25) is 0 Å². The molecule has 0 aliphatic carbocycles. The molecule has 0 amide bonds. The summed E-state index contributed by atoms with van der Waals surface area (Å²) in [6, 6.07) is 102. The van der Waals surface area contributed by atoms with Crippen LogP contribution in [0, 0.1) is 0 Å². The minimum absolute atomic E-state index is 1.07. The predicted molar refractivity (Wildman–Crippen MR) is 298 cm³/mol. The number of anilines is 3. The number of aromatic nitrogens is 1. The molecule has 0 fully saturated rings. The van der Waals surface area contributed by atoms with Gasteiger partial charge in [0.05, 0.1) is 28.1 Å². The van der Waals surface area contributed by atoms with E-state index in [-0.39, 0.29) is 0 Å². The zero-order valence-corrected chi connectivity index (χ0v) is 38.5. The second kappa shape index (κ2) is 17.4. The van der Waals surface area contributed by atoms with Crippen LogP contribution in [0.15, 0.2) is 279 Å². The van der Waals surface area contributed by atoms with Crippen LogP contribution in [-0.2, 0) is 0 Å². The summed E-state index contributed by atoms with van der Waals surface area (Å²) in [5.74, 6) is 0. The highest BCUT2D eigenvalue weighted by molar-refractivity contribution is 6.14. The maximum atomic E-state index is 2.49. The number of rotatable bonds is 9. The third-order valence-electron chi connectivity index (χ3n) is 14.0. The van der Waals surface area contributed by atoms with Gasteiger partial charge in [-0.1, -0.05) is 218 Å². The Balaban J connectivity index is 1.06. The Bertz CT molecular complexity index is 4050. The quantitative estimate of drug-likeness (QED) is 0.140. The zero-order valence-electron chi connectivity index (χ0n) is 38.5. The van der Waals surface area contributed by atoms with Gasteiger partial charge in [0.15, 0.2) is 0 Å². The Morgan fingerprint density at radius 2 is 0.743 bits per heavy atom. The summed E-state index contributed by atoms with van der Waals surface area (Å²) in [6.45, 7) is 0. The first kappa shape index (κ1) is 41.0. The van der Waals surface area contributed by atoms with Crippen molar-refractivity contribution in [3.8, 4) is 61.3 Å². The van der Waals surface area contributed by atoms with Crippen molar-refractivity contribution in [1.29, 1.82) is 0 Å². The summed E-state index contributed by atoms with van der Waals surface area (Å²) in [7, 11) is 0. The average Bonchev–Trinajstić information content (AvgIpc) is 3.76. The standard InChI is InChI=1S/C68H46N2/c1-4-20-47(21-5-1)53-38-40-66(61(43-53)49-22-6-2-7-23-49)69(56-31-18-30-54(42-56)58-35-19-29-48-26-12-13-32-57(48)58)67-41-39-55(45-62(67)50-24-8-3-9-25-50)59-33-14-16-36-64(59)70-65-37-17-15-34-60(65)63-44-51-27-10-11-28-52(51)46-68(63)70/h1-46H. The molecule has 328 valence electrons. The SMILES string of the molecule is c1ccc(-c2ccc(N(c3cccc(-c4cccc5ccccc45)c3)c3ccc(-c4ccccc4-n4c5ccccc5c5cc6ccccc6cc54)cc3-c3ccccc3)c(-c3ccccc3)c2)cc1. The molecule has 0 aliphatic rings. The third kappa shape index (κ3) is 7.22. The van der Waals surface area contributed by atoms with Gasteiger partial charge in [-0.15, -0.1) is 0 Å². The van der Waals surface area contributed by atoms with E-state index in [1.807, 2.05) is 0 Å². The first-order valence-corrected chi connectivity index (χ1v) is 24.1. The molecule has 0 spiro atoms. The Morgan fingerprint density at radius 3 is 1.47 bits per heavy atom. The molecule has 1 heterocycles. The van der Waals surface area contributed by atoms with Crippen molar-refractivity contribution in [3.63, 3.8) is 0 Å². The summed E-state index contributed by atoms with van der Waals surface area (Å²) in [5, 5.41) is 7.41. The van der Waals surface area contributed by atoms with Crippen LogP contribution in [0.25, 0.3) is 105 Å². The van der Waals surface area contributed by atoms with Gasteiger partial charge in [0.1, 0.15) is 0 Å². The Hall–Kier alpha value is -9.24. The van der Waals surface area contributed by atoms with Crippen molar-refractivity contribution in [2.45, 2.75) is 0 Å². The van der Waals surface area contributed by atoms with E-state index in [0.717, 1.165) is 61.7 Å². The Kier molecular flexibility index (Phi) is 10.2. The van der Waals surface area contributed by atoms with Crippen LogP contribution < -0.4 is 4.90 Å². The summed E-state index contributed by atoms with van der Waals surface area (Å²) in [4.78, 5) is 2.49. The van der Waals surface area contributed by atoms with Crippen LogP contribution in [0.4, 0.5) is 17.1 Å². The van der Waals surface area contributed by atoms with Crippen molar-refractivity contribution < 1.29 is 0 Å². The molecule has 13 rings (SSSR count). The fourth-order valence-electron chi connectivity index (χ4n) is 10.7. The molecule has 1 aromatic heterocycles. The van der Waals surface area contributed by atoms with Crippen molar-refractivity contribution >= 4 is 60.4 Å². The van der Waals surface area contributed by atoms with Gasteiger partial charge < -0.3 is 9.47 Å². The molecule has 0 saturated carbocycles. The molecule has 0 saturated heterocycles. The van der Waals surface area contributed by atoms with Crippen molar-refractivity contribution in [2.75, 3.05) is 4.90 Å². The molecule has 0 bridgehead atoms. The van der Waals surface area contributed by atoms with Crippen molar-refractivity contribution in [2.24, 2.45) is 0 Å². The zero-order chi connectivity index (χ0) is 46.4. The van der Waals surface area contributed by atoms with Crippen LogP contribution in [0.5, 0.6) is 0 Å². The lowest BCUT2D eigenvalue weighted by Gasteiger charge is -2.31. The van der Waals surface area contributed by atoms with E-state index < -0.39 is 0 Å². The normalized spacial score (nSPS) is 11.4. The lowest BCUT2D eigenvalue weighted by molar-refractivity contribution is 1.18. The number of para-hydroxylation sites is 2. The first-order chi connectivity index (χ1) is 34.7. The number of fused-ring (bicyclic) bond motifs is 5. The molecule has 12 aromatic carbocycles. The van der Waals surface area contributed by atoms with Gasteiger partial charge in [-0.2, -0.15) is 0 Å². The molecule has 0 N–H and O–H groups in total. The molecular weight excluding hydrogens is 845 g/mol. The van der Waals surface area contributed by atoms with Gasteiger partial charge in [-0.3, -0.25) is 0 Å². The second-order valence-corrected chi connectivity index (χ2v) is 18.1. The first-order valence-electron chi connectivity index (χ1n) is 24.1. The fourth-order valence-corrected chi connectivity index (χ4v) is 10.7. The molecule has 2 nitrogen and oxygen atoms in total. The summed E-state index contributed by atoms with van der Waals surface area (Å²) in [5.41, 5.74) is 18.3. The minimum atomic E-state index is 1.07. The molecular formula is C68H46N2. The van der Waals surface area contributed by atoms with E-state index in [1.165, 1.54) is 60.0 Å². The van der Waals surface area contributed by atoms with E-state index in [9.17, 15) is 0 Å². The maximum Gasteiger partial charge on any atom is 0.0547 e. The minimum Gasteiger partial charge on any atom is -0.309 e. The largest absolute Gasteiger partial charge is 0.309 e. The van der Waals surface area contributed by atoms with E-state index in [2.05, 4.69) is 289 Å². The maximum absolute atomic E-state index is 2.49. The van der Waals surface area contributed by atoms with E-state index >= 15 is 0 Å². The van der Waals surface area contributed by atoms with Gasteiger partial charge >= 0.3 is 0 Å². The van der Waals surface area contributed by atoms with E-state index in [1.54, 1.807) is 0 Å². The third-order valence-corrected chi connectivity index (χ3v) is 14.0. The fraction of sp³-hybridized carbons (Fsp3) is 0. The molecule has 2 heteroatoms. The average molecular weight is 891 g/mol. The van der Waals surface area contributed by atoms with Crippen LogP contribution in [0.3, 0.4) is 0 Å². The topological polar surface area (TPSA) is 8.17 Å².